The average molecular weight is 542 g/mol. The molecule has 3 rings (SSSR count). The third kappa shape index (κ3) is 8.29. The first kappa shape index (κ1) is 31.1. The molecular weight excluding hydrogens is 479 g/mol. The maximum Gasteiger partial charge on any atom is 0.129 e. The predicted octanol–water partition coefficient (Wildman–Crippen LogP) is 13.0. The van der Waals surface area contributed by atoms with Crippen molar-refractivity contribution in [2.45, 2.75) is 192 Å². The SMILES string of the molecule is CCCCCCCCCCC1CCC2(CC1)CC1(CCC(CCCCCCCCCC)CC1)C2(Cl)Cl. The van der Waals surface area contributed by atoms with Gasteiger partial charge in [-0.2, -0.15) is 0 Å². The van der Waals surface area contributed by atoms with Gasteiger partial charge < -0.3 is 0 Å². The fraction of sp³-hybridized carbons (Fsp3) is 1.00. The van der Waals surface area contributed by atoms with E-state index in [1.807, 2.05) is 0 Å². The van der Waals surface area contributed by atoms with Crippen LogP contribution in [-0.4, -0.2) is 4.33 Å². The van der Waals surface area contributed by atoms with Crippen LogP contribution in [0.3, 0.4) is 0 Å². The summed E-state index contributed by atoms with van der Waals surface area (Å²) in [5, 5.41) is 0. The van der Waals surface area contributed by atoms with Crippen molar-refractivity contribution in [1.29, 1.82) is 0 Å². The van der Waals surface area contributed by atoms with Gasteiger partial charge in [-0.15, -0.1) is 23.2 Å². The van der Waals surface area contributed by atoms with Gasteiger partial charge in [-0.1, -0.05) is 129 Å². The summed E-state index contributed by atoms with van der Waals surface area (Å²) in [6.07, 6.45) is 37.9. The fourth-order valence-electron chi connectivity index (χ4n) is 8.48. The van der Waals surface area contributed by atoms with Crippen molar-refractivity contribution < 1.29 is 0 Å². The molecular formula is C34H62Cl2. The first-order valence-electron chi connectivity index (χ1n) is 16.9. The monoisotopic (exact) mass is 540 g/mol. The molecule has 0 bridgehead atoms. The van der Waals surface area contributed by atoms with Crippen LogP contribution in [0.1, 0.15) is 187 Å². The van der Waals surface area contributed by atoms with Crippen LogP contribution in [0, 0.1) is 22.7 Å². The van der Waals surface area contributed by atoms with Crippen LogP contribution in [0.4, 0.5) is 0 Å². The van der Waals surface area contributed by atoms with Gasteiger partial charge in [0.05, 0.1) is 0 Å². The summed E-state index contributed by atoms with van der Waals surface area (Å²) in [5.74, 6) is 1.89. The van der Waals surface area contributed by atoms with Crippen LogP contribution < -0.4 is 0 Å². The number of hydrogen-bond acceptors (Lipinski definition) is 0. The van der Waals surface area contributed by atoms with Crippen molar-refractivity contribution in [3.63, 3.8) is 0 Å². The Balaban J connectivity index is 1.26. The highest BCUT2D eigenvalue weighted by molar-refractivity contribution is 6.50. The molecule has 0 heterocycles. The zero-order valence-electron chi connectivity index (χ0n) is 24.5. The quantitative estimate of drug-likeness (QED) is 0.120. The molecule has 0 aromatic rings. The van der Waals surface area contributed by atoms with E-state index in [9.17, 15) is 0 Å². The lowest BCUT2D eigenvalue weighted by Crippen LogP contribution is -2.66. The van der Waals surface area contributed by atoms with Crippen molar-refractivity contribution in [2.75, 3.05) is 0 Å². The van der Waals surface area contributed by atoms with Crippen LogP contribution in [0.5, 0.6) is 0 Å². The van der Waals surface area contributed by atoms with Crippen LogP contribution in [0.2, 0.25) is 0 Å². The van der Waals surface area contributed by atoms with Crippen LogP contribution in [0.25, 0.3) is 0 Å². The van der Waals surface area contributed by atoms with Gasteiger partial charge in [-0.25, -0.2) is 0 Å². The molecule has 3 saturated carbocycles. The second-order valence-corrected chi connectivity index (χ2v) is 15.1. The lowest BCUT2D eigenvalue weighted by Gasteiger charge is -2.69. The Morgan fingerprint density at radius 1 is 0.472 bits per heavy atom. The Bertz CT molecular complexity index is 518. The molecule has 212 valence electrons. The number of unbranched alkanes of at least 4 members (excludes halogenated alkanes) is 14. The predicted molar refractivity (Wildman–Crippen MR) is 162 cm³/mol. The normalized spacial score (nSPS) is 31.7. The fourth-order valence-corrected chi connectivity index (χ4v) is 9.50. The molecule has 0 aromatic heterocycles. The number of alkyl halides is 2. The minimum Gasteiger partial charge on any atom is -0.100 e. The highest BCUT2D eigenvalue weighted by Crippen LogP contribution is 2.76. The number of rotatable bonds is 18. The summed E-state index contributed by atoms with van der Waals surface area (Å²) in [6, 6.07) is 0. The average Bonchev–Trinajstić information content (AvgIpc) is 2.89. The third-order valence-corrected chi connectivity index (χ3v) is 12.7. The first-order chi connectivity index (χ1) is 17.5. The standard InChI is InChI=1S/C34H62Cl2/c1-3-5-7-9-11-13-15-17-19-30-21-25-32(26-22-30)29-33(34(32,35)36)27-23-31(24-28-33)20-18-16-14-12-10-8-6-4-2/h30-31H,3-29H2,1-2H3. The largest absolute Gasteiger partial charge is 0.129 e. The van der Waals surface area contributed by atoms with Crippen molar-refractivity contribution in [2.24, 2.45) is 22.7 Å². The van der Waals surface area contributed by atoms with Crippen LogP contribution >= 0.6 is 23.2 Å². The van der Waals surface area contributed by atoms with Gasteiger partial charge in [0.15, 0.2) is 0 Å². The number of halogens is 2. The van der Waals surface area contributed by atoms with Gasteiger partial charge in [0.2, 0.25) is 0 Å². The van der Waals surface area contributed by atoms with Gasteiger partial charge in [0.1, 0.15) is 4.33 Å². The van der Waals surface area contributed by atoms with Crippen molar-refractivity contribution >= 4 is 23.2 Å². The highest BCUT2D eigenvalue weighted by atomic mass is 35.5. The first-order valence-corrected chi connectivity index (χ1v) is 17.6. The molecule has 3 aliphatic carbocycles. The minimum absolute atomic E-state index is 0.247. The molecule has 0 saturated heterocycles. The molecule has 3 aliphatic rings. The molecule has 0 unspecified atom stereocenters. The van der Waals surface area contributed by atoms with Crippen molar-refractivity contribution in [3.05, 3.63) is 0 Å². The maximum absolute atomic E-state index is 7.33. The minimum atomic E-state index is -0.451. The van der Waals surface area contributed by atoms with E-state index >= 15 is 0 Å². The van der Waals surface area contributed by atoms with E-state index in [0.29, 0.717) is 0 Å². The molecule has 0 nitrogen and oxygen atoms in total. The van der Waals surface area contributed by atoms with Gasteiger partial charge in [-0.3, -0.25) is 0 Å². The second-order valence-electron chi connectivity index (χ2n) is 13.7. The summed E-state index contributed by atoms with van der Waals surface area (Å²) in [5.41, 5.74) is 0.493. The molecule has 0 radical (unpaired) electrons. The lowest BCUT2D eigenvalue weighted by atomic mass is 9.43. The Hall–Kier alpha value is 0.580. The highest BCUT2D eigenvalue weighted by Gasteiger charge is 2.72. The topological polar surface area (TPSA) is 0 Å². The molecule has 0 atom stereocenters. The zero-order chi connectivity index (χ0) is 25.7. The molecule has 0 aromatic carbocycles. The summed E-state index contributed by atoms with van der Waals surface area (Å²) in [6.45, 7) is 4.61. The van der Waals surface area contributed by atoms with E-state index in [0.717, 1.165) is 11.8 Å². The summed E-state index contributed by atoms with van der Waals surface area (Å²) >= 11 is 14.7. The molecule has 0 N–H and O–H groups in total. The van der Waals surface area contributed by atoms with Gasteiger partial charge in [0, 0.05) is 10.8 Å². The van der Waals surface area contributed by atoms with Gasteiger partial charge >= 0.3 is 0 Å². The molecule has 2 spiro atoms. The Morgan fingerprint density at radius 2 is 0.778 bits per heavy atom. The third-order valence-electron chi connectivity index (χ3n) is 11.1. The summed E-state index contributed by atoms with van der Waals surface area (Å²) in [7, 11) is 0. The Kier molecular flexibility index (Phi) is 13.8. The summed E-state index contributed by atoms with van der Waals surface area (Å²) < 4.78 is -0.451. The van der Waals surface area contributed by atoms with Crippen molar-refractivity contribution in [1.82, 2.24) is 0 Å². The maximum atomic E-state index is 7.33. The molecule has 0 aliphatic heterocycles. The number of hydrogen-bond donors (Lipinski definition) is 0. The van der Waals surface area contributed by atoms with E-state index in [1.165, 1.54) is 173 Å². The van der Waals surface area contributed by atoms with E-state index in [1.54, 1.807) is 0 Å². The van der Waals surface area contributed by atoms with E-state index in [2.05, 4.69) is 13.8 Å². The van der Waals surface area contributed by atoms with Gasteiger partial charge in [-0.05, 0) is 69.6 Å². The van der Waals surface area contributed by atoms with E-state index in [-0.39, 0.29) is 10.8 Å². The Morgan fingerprint density at radius 3 is 1.08 bits per heavy atom. The van der Waals surface area contributed by atoms with Crippen LogP contribution in [-0.2, 0) is 0 Å². The van der Waals surface area contributed by atoms with Gasteiger partial charge in [0.25, 0.3) is 0 Å². The second kappa shape index (κ2) is 16.0. The molecule has 0 amide bonds. The summed E-state index contributed by atoms with van der Waals surface area (Å²) in [4.78, 5) is 0. The lowest BCUT2D eigenvalue weighted by molar-refractivity contribution is -0.115. The van der Waals surface area contributed by atoms with Crippen molar-refractivity contribution in [3.8, 4) is 0 Å². The smallest absolute Gasteiger partial charge is 0.100 e. The molecule has 36 heavy (non-hydrogen) atoms. The zero-order valence-corrected chi connectivity index (χ0v) is 26.0. The van der Waals surface area contributed by atoms with E-state index in [4.69, 9.17) is 23.2 Å². The molecule has 2 heteroatoms. The van der Waals surface area contributed by atoms with E-state index < -0.39 is 4.33 Å². The van der Waals surface area contributed by atoms with Crippen LogP contribution in [0.15, 0.2) is 0 Å². The molecule has 3 fully saturated rings. The Labute approximate surface area is 236 Å².